The number of esters is 1. The first kappa shape index (κ1) is 25.1. The molecule has 0 saturated heterocycles. The highest BCUT2D eigenvalue weighted by Gasteiger charge is 2.06. The third-order valence-electron chi connectivity index (χ3n) is 3.08. The fourth-order valence-electron chi connectivity index (χ4n) is 1.79. The average Bonchev–Trinajstić information content (AvgIpc) is 2.91. The van der Waals surface area contributed by atoms with Crippen LogP contribution in [0.25, 0.3) is 0 Å². The summed E-state index contributed by atoms with van der Waals surface area (Å²) in [5.74, 6) is 0.0269. The van der Waals surface area contributed by atoms with Crippen LogP contribution in [0, 0.1) is 0 Å². The fourth-order valence-corrected chi connectivity index (χ4v) is 1.91. The molecule has 1 aliphatic rings. The maximum absolute atomic E-state index is 11.6. The molecule has 4 N–H and O–H groups in total. The van der Waals surface area contributed by atoms with Crippen molar-refractivity contribution in [2.75, 3.05) is 11.9 Å². The number of unbranched alkanes of at least 4 members (excludes halogenated alkanes) is 1. The predicted molar refractivity (Wildman–Crippen MR) is 117 cm³/mol. The Morgan fingerprint density at radius 3 is 2.54 bits per heavy atom. The Morgan fingerprint density at radius 2 is 1.96 bits per heavy atom. The number of carbonyl (C=O) groups excluding carboxylic acids is 2. The monoisotopic (exact) mass is 404 g/mol. The molecule has 152 valence electrons. The molecule has 28 heavy (non-hydrogen) atoms. The first-order chi connectivity index (χ1) is 13.4. The second-order valence-electron chi connectivity index (χ2n) is 5.45. The molecule has 0 spiro atoms. The molecule has 0 heterocycles. The predicted octanol–water partition coefficient (Wildman–Crippen LogP) is 4.45. The number of aliphatic hydroxyl groups excluding tert-OH is 1. The number of carbonyl (C=O) groups is 2. The van der Waals surface area contributed by atoms with Gasteiger partial charge in [-0.2, -0.15) is 0 Å². The number of ether oxygens (including phenoxy) is 1. The van der Waals surface area contributed by atoms with E-state index in [-0.39, 0.29) is 11.1 Å². The van der Waals surface area contributed by atoms with Crippen molar-refractivity contribution in [1.82, 2.24) is 0 Å². The summed E-state index contributed by atoms with van der Waals surface area (Å²) in [4.78, 5) is 20.4. The van der Waals surface area contributed by atoms with Crippen molar-refractivity contribution in [2.45, 2.75) is 33.1 Å². The minimum Gasteiger partial charge on any atom is -0.508 e. The first-order valence-electron chi connectivity index (χ1n) is 8.90. The summed E-state index contributed by atoms with van der Waals surface area (Å²) < 4.78 is 5.08. The summed E-state index contributed by atoms with van der Waals surface area (Å²) in [6.07, 6.45) is 12.7. The van der Waals surface area contributed by atoms with Crippen molar-refractivity contribution in [1.29, 1.82) is 0 Å². The number of aldehydes is 1. The fraction of sp³-hybridized carbons (Fsp3) is 0.286. The van der Waals surface area contributed by atoms with E-state index < -0.39 is 0 Å². The molecule has 0 aliphatic heterocycles. The van der Waals surface area contributed by atoms with Gasteiger partial charge in [-0.25, -0.2) is 4.79 Å². The Balaban J connectivity index is 0.000000547. The van der Waals surface area contributed by atoms with Gasteiger partial charge in [0, 0.05) is 5.69 Å². The van der Waals surface area contributed by atoms with Gasteiger partial charge in [-0.15, -0.1) is 0 Å². The van der Waals surface area contributed by atoms with Crippen LogP contribution in [0.3, 0.4) is 0 Å². The molecule has 1 aromatic carbocycles. The lowest BCUT2D eigenvalue weighted by molar-refractivity contribution is -0.106. The normalized spacial score (nSPS) is 11.4. The van der Waals surface area contributed by atoms with E-state index in [1.165, 1.54) is 6.92 Å². The van der Waals surface area contributed by atoms with Gasteiger partial charge in [-0.3, -0.25) is 0 Å². The molecular formula is C21H28N2O4S. The maximum Gasteiger partial charge on any atom is 0.338 e. The molecule has 0 amide bonds. The molecule has 0 aromatic heterocycles. The molecule has 1 aliphatic carbocycles. The van der Waals surface area contributed by atoms with Gasteiger partial charge in [0.2, 0.25) is 0 Å². The van der Waals surface area contributed by atoms with E-state index in [1.54, 1.807) is 36.4 Å². The molecular weight excluding hydrogens is 376 g/mol. The molecule has 2 rings (SSSR count). The molecule has 6 nitrogen and oxygen atoms in total. The second-order valence-corrected chi connectivity index (χ2v) is 5.89. The minimum atomic E-state index is -0.305. The minimum absolute atomic E-state index is 0.197. The SMILES string of the molecule is CC=O.CCCCOC(=O)c1ccc(NC(N)=S)cc1.OC1=CC=CCC=C1. The lowest BCUT2D eigenvalue weighted by atomic mass is 10.2. The van der Waals surface area contributed by atoms with Crippen molar-refractivity contribution < 1.29 is 19.4 Å². The van der Waals surface area contributed by atoms with Crippen LogP contribution in [0.4, 0.5) is 5.69 Å². The quantitative estimate of drug-likeness (QED) is 0.288. The highest BCUT2D eigenvalue weighted by atomic mass is 32.1. The molecule has 0 unspecified atom stereocenters. The van der Waals surface area contributed by atoms with E-state index >= 15 is 0 Å². The van der Waals surface area contributed by atoms with Gasteiger partial charge in [0.15, 0.2) is 5.11 Å². The number of thiocarbonyl (C=S) groups is 1. The summed E-state index contributed by atoms with van der Waals surface area (Å²) in [6.45, 7) is 3.95. The molecule has 1 aromatic rings. The highest BCUT2D eigenvalue weighted by Crippen LogP contribution is 2.10. The van der Waals surface area contributed by atoms with Gasteiger partial charge in [0.25, 0.3) is 0 Å². The number of nitrogens with two attached hydrogens (primary N) is 1. The summed E-state index contributed by atoms with van der Waals surface area (Å²) in [7, 11) is 0. The Labute approximate surface area is 171 Å². The topological polar surface area (TPSA) is 102 Å². The number of aliphatic hydroxyl groups is 1. The smallest absolute Gasteiger partial charge is 0.338 e. The molecule has 0 fully saturated rings. The zero-order chi connectivity index (χ0) is 21.2. The van der Waals surface area contributed by atoms with Crippen molar-refractivity contribution >= 4 is 35.3 Å². The zero-order valence-electron chi connectivity index (χ0n) is 16.3. The van der Waals surface area contributed by atoms with Crippen molar-refractivity contribution in [2.24, 2.45) is 5.73 Å². The van der Waals surface area contributed by atoms with Crippen LogP contribution >= 0.6 is 12.2 Å². The Morgan fingerprint density at radius 1 is 1.32 bits per heavy atom. The van der Waals surface area contributed by atoms with Crippen LogP contribution in [-0.4, -0.2) is 29.1 Å². The summed E-state index contributed by atoms with van der Waals surface area (Å²) in [5.41, 5.74) is 6.61. The van der Waals surface area contributed by atoms with Crippen LogP contribution in [0.15, 0.2) is 60.4 Å². The molecule has 7 heteroatoms. The second kappa shape index (κ2) is 16.3. The van der Waals surface area contributed by atoms with Gasteiger partial charge in [-0.1, -0.05) is 31.6 Å². The van der Waals surface area contributed by atoms with E-state index in [4.69, 9.17) is 32.6 Å². The summed E-state index contributed by atoms with van der Waals surface area (Å²) in [5, 5.41) is 11.8. The van der Waals surface area contributed by atoms with E-state index in [2.05, 4.69) is 5.32 Å². The Hall–Kier alpha value is -2.93. The zero-order valence-corrected chi connectivity index (χ0v) is 17.1. The maximum atomic E-state index is 11.6. The van der Waals surface area contributed by atoms with Crippen LogP contribution in [-0.2, 0) is 9.53 Å². The lowest BCUT2D eigenvalue weighted by Gasteiger charge is -2.06. The van der Waals surface area contributed by atoms with Crippen molar-refractivity contribution in [3.63, 3.8) is 0 Å². The third kappa shape index (κ3) is 13.3. The largest absolute Gasteiger partial charge is 0.508 e. The van der Waals surface area contributed by atoms with Gasteiger partial charge in [0.05, 0.1) is 12.2 Å². The first-order valence-corrected chi connectivity index (χ1v) is 9.31. The van der Waals surface area contributed by atoms with Crippen molar-refractivity contribution in [3.05, 3.63) is 66.0 Å². The Bertz CT molecular complexity index is 695. The van der Waals surface area contributed by atoms with Gasteiger partial charge < -0.3 is 25.7 Å². The van der Waals surface area contributed by atoms with Gasteiger partial charge >= 0.3 is 5.97 Å². The summed E-state index contributed by atoms with van der Waals surface area (Å²) in [6, 6.07) is 6.81. The van der Waals surface area contributed by atoms with Crippen molar-refractivity contribution in [3.8, 4) is 0 Å². The Kier molecular flexibility index (Phi) is 14.6. The molecule has 0 bridgehead atoms. The highest BCUT2D eigenvalue weighted by molar-refractivity contribution is 7.80. The lowest BCUT2D eigenvalue weighted by Crippen LogP contribution is -2.18. The number of hydrogen-bond acceptors (Lipinski definition) is 5. The number of nitrogens with one attached hydrogen (secondary N) is 1. The van der Waals surface area contributed by atoms with E-state index in [0.717, 1.165) is 31.2 Å². The standard InChI is InChI=1S/C12H16N2O2S.C7H8O.C2H4O/c1-2-3-8-16-11(15)9-4-6-10(7-5-9)14-12(13)17;8-7-5-3-1-2-4-6-7;1-2-3/h4-7H,2-3,8H2,1H3,(H3,13,14,17);1,3-6,8H,2H2;2H,1H3. The van der Waals surface area contributed by atoms with E-state index in [1.807, 2.05) is 25.2 Å². The number of benzene rings is 1. The van der Waals surface area contributed by atoms with Crippen LogP contribution in [0.2, 0.25) is 0 Å². The van der Waals surface area contributed by atoms with Crippen LogP contribution in [0.1, 0.15) is 43.5 Å². The van der Waals surface area contributed by atoms with Crippen LogP contribution < -0.4 is 11.1 Å². The van der Waals surface area contributed by atoms with Gasteiger partial charge in [-0.05, 0) is 68.4 Å². The summed E-state index contributed by atoms with van der Waals surface area (Å²) >= 11 is 4.71. The van der Waals surface area contributed by atoms with E-state index in [0.29, 0.717) is 17.9 Å². The van der Waals surface area contributed by atoms with E-state index in [9.17, 15) is 4.79 Å². The number of hydrogen-bond donors (Lipinski definition) is 3. The third-order valence-corrected chi connectivity index (χ3v) is 3.19. The van der Waals surface area contributed by atoms with Gasteiger partial charge in [0.1, 0.15) is 12.0 Å². The van der Waals surface area contributed by atoms with Crippen LogP contribution in [0.5, 0.6) is 0 Å². The number of allylic oxidation sites excluding steroid dienone is 5. The molecule has 0 atom stereocenters. The average molecular weight is 405 g/mol. The molecule has 0 radical (unpaired) electrons. The molecule has 0 saturated carbocycles. The number of anilines is 1. The number of rotatable bonds is 5.